The van der Waals surface area contributed by atoms with E-state index in [2.05, 4.69) is 13.2 Å². The van der Waals surface area contributed by atoms with Gasteiger partial charge in [-0.05, 0) is 38.1 Å². The summed E-state index contributed by atoms with van der Waals surface area (Å²) in [5.74, 6) is -2.03. The topological polar surface area (TPSA) is 142 Å². The van der Waals surface area contributed by atoms with Crippen LogP contribution in [-0.4, -0.2) is 103 Å². The highest BCUT2D eigenvalue weighted by Crippen LogP contribution is 2.08. The molecular formula is C28H38O12. The molecule has 12 heteroatoms. The summed E-state index contributed by atoms with van der Waals surface area (Å²) in [5, 5.41) is 0. The smallest absolute Gasteiger partial charge is 0.338 e. The molecule has 222 valence electrons. The fourth-order valence-corrected chi connectivity index (χ4v) is 2.57. The third-order valence-electron chi connectivity index (χ3n) is 4.64. The van der Waals surface area contributed by atoms with Gasteiger partial charge >= 0.3 is 23.9 Å². The number of rotatable bonds is 22. The van der Waals surface area contributed by atoms with Crippen molar-refractivity contribution in [2.75, 3.05) is 79.3 Å². The van der Waals surface area contributed by atoms with Gasteiger partial charge in [0.15, 0.2) is 0 Å². The predicted octanol–water partition coefficient (Wildman–Crippen LogP) is 2.31. The molecule has 0 aliphatic rings. The number of benzene rings is 1. The SMILES string of the molecule is C=C(C)C(=O)OCCOCCOCCOC(=O)c1ccc(C(=O)OCCOCCOCCOC(=O)C(=C)C)cc1. The minimum absolute atomic E-state index is 0.0480. The second kappa shape index (κ2) is 21.3. The molecule has 1 rings (SSSR count). The molecule has 0 aliphatic heterocycles. The van der Waals surface area contributed by atoms with Gasteiger partial charge in [0.1, 0.15) is 26.4 Å². The van der Waals surface area contributed by atoms with Crippen molar-refractivity contribution in [3.8, 4) is 0 Å². The molecule has 0 atom stereocenters. The summed E-state index contributed by atoms with van der Waals surface area (Å²) in [4.78, 5) is 46.6. The Morgan fingerprint density at radius 3 is 1.00 bits per heavy atom. The van der Waals surface area contributed by atoms with E-state index in [-0.39, 0.29) is 77.2 Å². The monoisotopic (exact) mass is 566 g/mol. The molecule has 0 amide bonds. The molecule has 0 aliphatic carbocycles. The van der Waals surface area contributed by atoms with Crippen LogP contribution in [0.2, 0.25) is 0 Å². The van der Waals surface area contributed by atoms with Gasteiger partial charge in [-0.3, -0.25) is 0 Å². The number of ether oxygens (including phenoxy) is 8. The van der Waals surface area contributed by atoms with E-state index < -0.39 is 23.9 Å². The van der Waals surface area contributed by atoms with Crippen molar-refractivity contribution >= 4 is 23.9 Å². The molecular weight excluding hydrogens is 528 g/mol. The zero-order valence-electron chi connectivity index (χ0n) is 23.1. The minimum atomic E-state index is -0.552. The van der Waals surface area contributed by atoms with Crippen LogP contribution in [0.5, 0.6) is 0 Å². The third-order valence-corrected chi connectivity index (χ3v) is 4.64. The molecule has 0 saturated carbocycles. The molecule has 1 aromatic carbocycles. The second-order valence-corrected chi connectivity index (χ2v) is 8.13. The van der Waals surface area contributed by atoms with Crippen molar-refractivity contribution in [2.24, 2.45) is 0 Å². The van der Waals surface area contributed by atoms with Crippen molar-refractivity contribution in [1.29, 1.82) is 0 Å². The quantitative estimate of drug-likeness (QED) is 0.0880. The van der Waals surface area contributed by atoms with Crippen molar-refractivity contribution in [2.45, 2.75) is 13.8 Å². The Hall–Kier alpha value is -3.58. The lowest BCUT2D eigenvalue weighted by Crippen LogP contribution is -2.15. The van der Waals surface area contributed by atoms with E-state index in [1.807, 2.05) is 0 Å². The normalized spacial score (nSPS) is 10.4. The Labute approximate surface area is 234 Å². The van der Waals surface area contributed by atoms with E-state index >= 15 is 0 Å². The van der Waals surface area contributed by atoms with Crippen LogP contribution in [0.15, 0.2) is 48.6 Å². The van der Waals surface area contributed by atoms with Crippen molar-refractivity contribution < 1.29 is 57.1 Å². The van der Waals surface area contributed by atoms with E-state index in [0.29, 0.717) is 24.4 Å². The Bertz CT molecular complexity index is 878. The maximum atomic E-state index is 12.1. The molecule has 0 bridgehead atoms. The molecule has 0 spiro atoms. The number of hydrogen-bond donors (Lipinski definition) is 0. The summed E-state index contributed by atoms with van der Waals surface area (Å²) in [6, 6.07) is 5.87. The first kappa shape index (κ1) is 34.4. The van der Waals surface area contributed by atoms with Crippen molar-refractivity contribution in [3.05, 3.63) is 59.7 Å². The minimum Gasteiger partial charge on any atom is -0.460 e. The molecule has 0 N–H and O–H groups in total. The summed E-state index contributed by atoms with van der Waals surface area (Å²) in [7, 11) is 0. The Morgan fingerprint density at radius 1 is 0.475 bits per heavy atom. The molecule has 0 fully saturated rings. The molecule has 1 aromatic rings. The first-order chi connectivity index (χ1) is 19.2. The van der Waals surface area contributed by atoms with E-state index in [4.69, 9.17) is 37.9 Å². The highest BCUT2D eigenvalue weighted by atomic mass is 16.6. The zero-order chi connectivity index (χ0) is 29.6. The molecule has 0 aromatic heterocycles. The van der Waals surface area contributed by atoms with Crippen LogP contribution in [0.25, 0.3) is 0 Å². The standard InChI is InChI=1S/C28H38O12/c1-21(2)25(29)37-17-13-33-9-11-35-15-19-39-27(31)23-5-7-24(8-6-23)28(32)40-20-16-36-12-10-34-14-18-38-26(30)22(3)4/h5-8H,1,3,9-20H2,2,4H3. The molecule has 0 heterocycles. The third kappa shape index (κ3) is 16.4. The van der Waals surface area contributed by atoms with Gasteiger partial charge in [-0.15, -0.1) is 0 Å². The highest BCUT2D eigenvalue weighted by molar-refractivity contribution is 5.93. The van der Waals surface area contributed by atoms with Crippen LogP contribution in [0.1, 0.15) is 34.6 Å². The largest absolute Gasteiger partial charge is 0.460 e. The summed E-state index contributed by atoms with van der Waals surface area (Å²) >= 11 is 0. The predicted molar refractivity (Wildman–Crippen MR) is 142 cm³/mol. The molecule has 40 heavy (non-hydrogen) atoms. The fourth-order valence-electron chi connectivity index (χ4n) is 2.57. The van der Waals surface area contributed by atoms with Crippen molar-refractivity contribution in [3.63, 3.8) is 0 Å². The van der Waals surface area contributed by atoms with Crippen LogP contribution in [0, 0.1) is 0 Å². The number of carbonyl (C=O) groups is 4. The van der Waals surface area contributed by atoms with E-state index in [0.717, 1.165) is 0 Å². The summed E-state index contributed by atoms with van der Waals surface area (Å²) in [5.41, 5.74) is 1.21. The van der Waals surface area contributed by atoms with E-state index in [1.165, 1.54) is 24.3 Å². The molecule has 12 nitrogen and oxygen atoms in total. The van der Waals surface area contributed by atoms with Gasteiger partial charge in [-0.2, -0.15) is 0 Å². The van der Waals surface area contributed by atoms with Gasteiger partial charge < -0.3 is 37.9 Å². The second-order valence-electron chi connectivity index (χ2n) is 8.13. The molecule has 0 saturated heterocycles. The number of esters is 4. The lowest BCUT2D eigenvalue weighted by atomic mass is 10.1. The first-order valence-corrected chi connectivity index (χ1v) is 12.6. The Morgan fingerprint density at radius 2 is 0.725 bits per heavy atom. The fraction of sp³-hybridized carbons (Fsp3) is 0.500. The number of carbonyl (C=O) groups excluding carboxylic acids is 4. The summed E-state index contributed by atoms with van der Waals surface area (Å²) in [6.07, 6.45) is 0. The van der Waals surface area contributed by atoms with E-state index in [9.17, 15) is 19.2 Å². The maximum Gasteiger partial charge on any atom is 0.338 e. The summed E-state index contributed by atoms with van der Waals surface area (Å²) in [6.45, 7) is 12.5. The van der Waals surface area contributed by atoms with Crippen LogP contribution in [-0.2, 0) is 47.5 Å². The van der Waals surface area contributed by atoms with Gasteiger partial charge in [0.2, 0.25) is 0 Å². The lowest BCUT2D eigenvalue weighted by Gasteiger charge is -2.09. The Kier molecular flexibility index (Phi) is 18.3. The lowest BCUT2D eigenvalue weighted by molar-refractivity contribution is -0.141. The van der Waals surface area contributed by atoms with Crippen LogP contribution in [0.4, 0.5) is 0 Å². The molecule has 0 radical (unpaired) electrons. The van der Waals surface area contributed by atoms with Crippen LogP contribution < -0.4 is 0 Å². The number of hydrogen-bond acceptors (Lipinski definition) is 12. The average molecular weight is 567 g/mol. The Balaban J connectivity index is 2.06. The maximum absolute atomic E-state index is 12.1. The van der Waals surface area contributed by atoms with Gasteiger partial charge in [0.25, 0.3) is 0 Å². The molecule has 0 unspecified atom stereocenters. The van der Waals surface area contributed by atoms with Gasteiger partial charge in [-0.25, -0.2) is 19.2 Å². The van der Waals surface area contributed by atoms with Gasteiger partial charge in [0.05, 0.1) is 64.0 Å². The van der Waals surface area contributed by atoms with Gasteiger partial charge in [0, 0.05) is 11.1 Å². The zero-order valence-corrected chi connectivity index (χ0v) is 23.1. The highest BCUT2D eigenvalue weighted by Gasteiger charge is 2.11. The first-order valence-electron chi connectivity index (χ1n) is 12.6. The van der Waals surface area contributed by atoms with E-state index in [1.54, 1.807) is 13.8 Å². The van der Waals surface area contributed by atoms with Crippen molar-refractivity contribution in [1.82, 2.24) is 0 Å². The average Bonchev–Trinajstić information content (AvgIpc) is 2.94. The van der Waals surface area contributed by atoms with Gasteiger partial charge in [-0.1, -0.05) is 13.2 Å². The summed E-state index contributed by atoms with van der Waals surface area (Å²) < 4.78 is 41.2. The van der Waals surface area contributed by atoms with Crippen LogP contribution in [0.3, 0.4) is 0 Å². The van der Waals surface area contributed by atoms with Crippen LogP contribution >= 0.6 is 0 Å².